The summed E-state index contributed by atoms with van der Waals surface area (Å²) in [7, 11) is 0. The fraction of sp³-hybridized carbons (Fsp3) is 0.154. The van der Waals surface area contributed by atoms with Crippen LogP contribution in [-0.2, 0) is 11.3 Å². The number of nitrogens with two attached hydrogens (primary N) is 1. The zero-order chi connectivity index (χ0) is 12.1. The van der Waals surface area contributed by atoms with E-state index in [4.69, 9.17) is 5.73 Å². The Morgan fingerprint density at radius 2 is 2.06 bits per heavy atom. The first-order valence-corrected chi connectivity index (χ1v) is 6.31. The molecule has 0 radical (unpaired) electrons. The van der Waals surface area contributed by atoms with E-state index in [1.807, 2.05) is 47.2 Å². The van der Waals surface area contributed by atoms with Crippen LogP contribution < -0.4 is 11.1 Å². The van der Waals surface area contributed by atoms with Crippen molar-refractivity contribution in [1.82, 2.24) is 5.32 Å². The molecule has 2 aromatic rings. The van der Waals surface area contributed by atoms with Crippen molar-refractivity contribution in [2.75, 3.05) is 0 Å². The van der Waals surface area contributed by atoms with Crippen LogP contribution in [0.15, 0.2) is 47.2 Å². The van der Waals surface area contributed by atoms with Gasteiger partial charge in [-0.15, -0.1) is 0 Å². The normalized spacial score (nSPS) is 12.1. The Kier molecular flexibility index (Phi) is 3.90. The van der Waals surface area contributed by atoms with Crippen LogP contribution in [0.25, 0.3) is 0 Å². The molecule has 88 valence electrons. The van der Waals surface area contributed by atoms with Crippen LogP contribution in [0.4, 0.5) is 0 Å². The number of carbonyl (C=O) groups excluding carboxylic acids is 1. The molecular weight excluding hydrogens is 232 g/mol. The molecule has 1 aromatic heterocycles. The van der Waals surface area contributed by atoms with E-state index in [0.29, 0.717) is 6.54 Å². The van der Waals surface area contributed by atoms with Crippen molar-refractivity contribution in [3.05, 3.63) is 58.3 Å². The summed E-state index contributed by atoms with van der Waals surface area (Å²) < 4.78 is 0. The van der Waals surface area contributed by atoms with Gasteiger partial charge in [-0.05, 0) is 28.0 Å². The van der Waals surface area contributed by atoms with Crippen LogP contribution in [0, 0.1) is 0 Å². The van der Waals surface area contributed by atoms with Gasteiger partial charge in [0.05, 0.1) is 0 Å². The molecule has 2 rings (SSSR count). The lowest BCUT2D eigenvalue weighted by Crippen LogP contribution is -2.33. The standard InChI is InChI=1S/C13H14N2OS/c14-12(11-4-2-1-3-5-11)13(16)15-8-10-6-7-17-9-10/h1-7,9,12H,8,14H2,(H,15,16)/t12-/m0/s1. The quantitative estimate of drug-likeness (QED) is 0.867. The Hall–Kier alpha value is -1.65. The second-order valence-electron chi connectivity index (χ2n) is 3.74. The third-order valence-electron chi connectivity index (χ3n) is 2.49. The van der Waals surface area contributed by atoms with E-state index in [-0.39, 0.29) is 5.91 Å². The molecule has 3 nitrogen and oxygen atoms in total. The minimum atomic E-state index is -0.602. The molecule has 0 fully saturated rings. The number of benzene rings is 1. The molecule has 1 heterocycles. The van der Waals surface area contributed by atoms with E-state index in [9.17, 15) is 4.79 Å². The highest BCUT2D eigenvalue weighted by molar-refractivity contribution is 7.07. The molecule has 3 N–H and O–H groups in total. The number of amides is 1. The summed E-state index contributed by atoms with van der Waals surface area (Å²) in [5.41, 5.74) is 7.80. The van der Waals surface area contributed by atoms with Gasteiger partial charge in [0, 0.05) is 6.54 Å². The van der Waals surface area contributed by atoms with Crippen molar-refractivity contribution in [3.8, 4) is 0 Å². The molecule has 1 atom stereocenters. The Labute approximate surface area is 104 Å². The fourth-order valence-corrected chi connectivity index (χ4v) is 2.17. The van der Waals surface area contributed by atoms with Crippen LogP contribution in [0.2, 0.25) is 0 Å². The molecule has 1 amide bonds. The van der Waals surface area contributed by atoms with Crippen LogP contribution in [0.1, 0.15) is 17.2 Å². The van der Waals surface area contributed by atoms with Gasteiger partial charge in [0.25, 0.3) is 0 Å². The largest absolute Gasteiger partial charge is 0.350 e. The van der Waals surface area contributed by atoms with E-state index < -0.39 is 6.04 Å². The average Bonchev–Trinajstić information content (AvgIpc) is 2.89. The van der Waals surface area contributed by atoms with Crippen molar-refractivity contribution in [1.29, 1.82) is 0 Å². The van der Waals surface area contributed by atoms with Crippen molar-refractivity contribution < 1.29 is 4.79 Å². The third-order valence-corrected chi connectivity index (χ3v) is 3.22. The maximum atomic E-state index is 11.8. The second kappa shape index (κ2) is 5.61. The zero-order valence-electron chi connectivity index (χ0n) is 9.30. The van der Waals surface area contributed by atoms with E-state index in [0.717, 1.165) is 11.1 Å². The highest BCUT2D eigenvalue weighted by atomic mass is 32.1. The predicted molar refractivity (Wildman–Crippen MR) is 69.5 cm³/mol. The molecular formula is C13H14N2OS. The highest BCUT2D eigenvalue weighted by Crippen LogP contribution is 2.10. The predicted octanol–water partition coefficient (Wildman–Crippen LogP) is 2.06. The topological polar surface area (TPSA) is 55.1 Å². The Bertz CT molecular complexity index is 467. The van der Waals surface area contributed by atoms with Gasteiger partial charge in [0.15, 0.2) is 0 Å². The van der Waals surface area contributed by atoms with Gasteiger partial charge >= 0.3 is 0 Å². The summed E-state index contributed by atoms with van der Waals surface area (Å²) in [6.45, 7) is 0.531. The van der Waals surface area contributed by atoms with Gasteiger partial charge in [0.1, 0.15) is 6.04 Å². The lowest BCUT2D eigenvalue weighted by atomic mass is 10.1. The van der Waals surface area contributed by atoms with E-state index >= 15 is 0 Å². The van der Waals surface area contributed by atoms with Gasteiger partial charge in [0.2, 0.25) is 5.91 Å². The summed E-state index contributed by atoms with van der Waals surface area (Å²) in [6, 6.07) is 10.8. The van der Waals surface area contributed by atoms with Crippen molar-refractivity contribution >= 4 is 17.2 Å². The monoisotopic (exact) mass is 246 g/mol. The molecule has 0 aliphatic heterocycles. The lowest BCUT2D eigenvalue weighted by Gasteiger charge is -2.11. The minimum Gasteiger partial charge on any atom is -0.350 e. The lowest BCUT2D eigenvalue weighted by molar-refractivity contribution is -0.122. The van der Waals surface area contributed by atoms with Gasteiger partial charge in [-0.1, -0.05) is 30.3 Å². The number of hydrogen-bond acceptors (Lipinski definition) is 3. The van der Waals surface area contributed by atoms with E-state index in [1.165, 1.54) is 0 Å². The third kappa shape index (κ3) is 3.15. The Balaban J connectivity index is 1.92. The first-order chi connectivity index (χ1) is 8.27. The van der Waals surface area contributed by atoms with Crippen molar-refractivity contribution in [2.45, 2.75) is 12.6 Å². The molecule has 0 aliphatic rings. The minimum absolute atomic E-state index is 0.151. The summed E-state index contributed by atoms with van der Waals surface area (Å²) in [4.78, 5) is 11.8. The van der Waals surface area contributed by atoms with Gasteiger partial charge < -0.3 is 11.1 Å². The first-order valence-electron chi connectivity index (χ1n) is 5.36. The van der Waals surface area contributed by atoms with Crippen molar-refractivity contribution in [3.63, 3.8) is 0 Å². The highest BCUT2D eigenvalue weighted by Gasteiger charge is 2.14. The second-order valence-corrected chi connectivity index (χ2v) is 4.52. The summed E-state index contributed by atoms with van der Waals surface area (Å²) in [5, 5.41) is 6.82. The molecule has 0 spiro atoms. The summed E-state index contributed by atoms with van der Waals surface area (Å²) in [6.07, 6.45) is 0. The Morgan fingerprint density at radius 1 is 1.29 bits per heavy atom. The molecule has 0 saturated carbocycles. The Morgan fingerprint density at radius 3 is 2.71 bits per heavy atom. The maximum Gasteiger partial charge on any atom is 0.241 e. The SMILES string of the molecule is N[C@H](C(=O)NCc1ccsc1)c1ccccc1. The number of hydrogen-bond donors (Lipinski definition) is 2. The molecule has 17 heavy (non-hydrogen) atoms. The van der Waals surface area contributed by atoms with E-state index in [1.54, 1.807) is 11.3 Å². The number of thiophene rings is 1. The molecule has 0 unspecified atom stereocenters. The van der Waals surface area contributed by atoms with E-state index in [2.05, 4.69) is 5.32 Å². The number of rotatable bonds is 4. The molecule has 1 aromatic carbocycles. The molecule has 0 aliphatic carbocycles. The van der Waals surface area contributed by atoms with Crippen LogP contribution in [-0.4, -0.2) is 5.91 Å². The summed E-state index contributed by atoms with van der Waals surface area (Å²) >= 11 is 1.61. The number of nitrogens with one attached hydrogen (secondary N) is 1. The van der Waals surface area contributed by atoms with Crippen molar-refractivity contribution in [2.24, 2.45) is 5.73 Å². The first kappa shape index (κ1) is 11.8. The molecule has 0 saturated heterocycles. The number of carbonyl (C=O) groups is 1. The summed E-state index contributed by atoms with van der Waals surface area (Å²) in [5.74, 6) is -0.151. The van der Waals surface area contributed by atoms with Crippen LogP contribution in [0.3, 0.4) is 0 Å². The van der Waals surface area contributed by atoms with Gasteiger partial charge in [-0.3, -0.25) is 4.79 Å². The van der Waals surface area contributed by atoms with Crippen LogP contribution >= 0.6 is 11.3 Å². The van der Waals surface area contributed by atoms with Gasteiger partial charge in [-0.25, -0.2) is 0 Å². The zero-order valence-corrected chi connectivity index (χ0v) is 10.1. The smallest absolute Gasteiger partial charge is 0.241 e. The maximum absolute atomic E-state index is 11.8. The average molecular weight is 246 g/mol. The molecule has 4 heteroatoms. The van der Waals surface area contributed by atoms with Gasteiger partial charge in [-0.2, -0.15) is 11.3 Å². The molecule has 0 bridgehead atoms. The fourth-order valence-electron chi connectivity index (χ4n) is 1.50. The van der Waals surface area contributed by atoms with Crippen LogP contribution in [0.5, 0.6) is 0 Å².